The van der Waals surface area contributed by atoms with Crippen molar-refractivity contribution in [2.75, 3.05) is 0 Å². The number of aromatic amines is 1. The standard InChI is InChI=1S/C5H8N2.C4H7N3O.3C4H7N3.C4H6N2O2/c1-5-3-6-7(2)4-5;1-3-5-4(8)7(2)6-3;1-4-5-3-7(2)6-4;1-4-3-7(2)6-5-4;1-4-3-5-7(2)6-4;1-3-5-6(2)4(7)8-3/h3-4H,1-2H3;1-2H3,(H,5,6,8);3*3H,1-2H3;1-2H3. The van der Waals surface area contributed by atoms with E-state index in [-0.39, 0.29) is 5.69 Å². The molecule has 6 aromatic rings. The van der Waals surface area contributed by atoms with Crippen LogP contribution in [0.3, 0.4) is 0 Å². The molecular formula is C25H42N16O3. The summed E-state index contributed by atoms with van der Waals surface area (Å²) in [6.07, 6.45) is 9.06. The second-order valence-corrected chi connectivity index (χ2v) is 9.32. The van der Waals surface area contributed by atoms with Crippen molar-refractivity contribution in [3.8, 4) is 0 Å². The lowest BCUT2D eigenvalue weighted by Crippen LogP contribution is -2.13. The van der Waals surface area contributed by atoms with Crippen LogP contribution in [0.15, 0.2) is 45.1 Å². The van der Waals surface area contributed by atoms with Gasteiger partial charge in [-0.25, -0.2) is 19.3 Å². The van der Waals surface area contributed by atoms with Crippen LogP contribution in [0.5, 0.6) is 0 Å². The van der Waals surface area contributed by atoms with Gasteiger partial charge in [-0.3, -0.25) is 19.0 Å². The molecule has 0 amide bonds. The van der Waals surface area contributed by atoms with E-state index in [0.29, 0.717) is 11.7 Å². The van der Waals surface area contributed by atoms with Crippen molar-refractivity contribution < 1.29 is 4.42 Å². The molecular weight excluding hydrogens is 572 g/mol. The number of hydrogen-bond donors (Lipinski definition) is 1. The molecule has 0 bridgehead atoms. The van der Waals surface area contributed by atoms with Crippen molar-refractivity contribution in [1.82, 2.24) is 79.1 Å². The van der Waals surface area contributed by atoms with Crippen LogP contribution in [0, 0.1) is 41.5 Å². The van der Waals surface area contributed by atoms with Gasteiger partial charge in [-0.05, 0) is 40.2 Å². The van der Waals surface area contributed by atoms with Gasteiger partial charge in [0.1, 0.15) is 18.0 Å². The van der Waals surface area contributed by atoms with Crippen molar-refractivity contribution >= 4 is 0 Å². The Balaban J connectivity index is 0.000000264. The van der Waals surface area contributed by atoms with Gasteiger partial charge in [-0.2, -0.15) is 35.0 Å². The van der Waals surface area contributed by atoms with Gasteiger partial charge >= 0.3 is 11.4 Å². The van der Waals surface area contributed by atoms with Gasteiger partial charge in [0, 0.05) is 61.6 Å². The lowest BCUT2D eigenvalue weighted by molar-refractivity contribution is 0.471. The van der Waals surface area contributed by atoms with Crippen molar-refractivity contribution in [2.45, 2.75) is 41.5 Å². The van der Waals surface area contributed by atoms with Crippen LogP contribution >= 0.6 is 0 Å². The number of H-pyrrole nitrogens is 1. The highest BCUT2D eigenvalue weighted by molar-refractivity contribution is 4.98. The van der Waals surface area contributed by atoms with Crippen molar-refractivity contribution in [2.24, 2.45) is 42.3 Å². The van der Waals surface area contributed by atoms with Gasteiger partial charge < -0.3 is 4.42 Å². The molecule has 0 unspecified atom stereocenters. The SMILES string of the molecule is Cc1cn(C)nn1.Cc1cnn(C)c1.Cc1cnn(C)n1.Cc1ncn(C)n1.Cc1nn(C)c(=O)[nH]1.Cc1nn(C)c(=O)o1. The quantitative estimate of drug-likeness (QED) is 0.243. The van der Waals surface area contributed by atoms with Gasteiger partial charge in [0.05, 0.1) is 23.8 Å². The summed E-state index contributed by atoms with van der Waals surface area (Å²) in [7, 11) is 10.5. The second-order valence-electron chi connectivity index (χ2n) is 9.32. The largest absolute Gasteiger partial charge is 0.436 e. The number of aryl methyl sites for hydroxylation is 12. The molecule has 19 heteroatoms. The first-order valence-electron chi connectivity index (χ1n) is 13.1. The maximum absolute atomic E-state index is 10.5. The zero-order valence-corrected chi connectivity index (χ0v) is 27.3. The summed E-state index contributed by atoms with van der Waals surface area (Å²) in [6, 6.07) is 0. The summed E-state index contributed by atoms with van der Waals surface area (Å²) >= 11 is 0. The van der Waals surface area contributed by atoms with Crippen LogP contribution in [0.25, 0.3) is 0 Å². The lowest BCUT2D eigenvalue weighted by Gasteiger charge is -1.78. The minimum Gasteiger partial charge on any atom is -0.393 e. The summed E-state index contributed by atoms with van der Waals surface area (Å²) in [5.74, 6) is 1.46. The lowest BCUT2D eigenvalue weighted by atomic mass is 10.4. The van der Waals surface area contributed by atoms with Gasteiger partial charge in [0.15, 0.2) is 0 Å². The third kappa shape index (κ3) is 15.5. The van der Waals surface area contributed by atoms with Crippen LogP contribution < -0.4 is 11.4 Å². The van der Waals surface area contributed by atoms with Gasteiger partial charge in [-0.1, -0.05) is 5.21 Å². The van der Waals surface area contributed by atoms with Crippen LogP contribution in [-0.4, -0.2) is 79.1 Å². The number of nitrogens with one attached hydrogen (secondary N) is 1. The predicted octanol–water partition coefficient (Wildman–Crippen LogP) is 0.198. The van der Waals surface area contributed by atoms with Crippen LogP contribution in [0.1, 0.15) is 34.5 Å². The molecule has 19 nitrogen and oxygen atoms in total. The van der Waals surface area contributed by atoms with Crippen molar-refractivity contribution in [3.63, 3.8) is 0 Å². The minimum absolute atomic E-state index is 0.164. The third-order valence-electron chi connectivity index (χ3n) is 4.65. The first kappa shape index (κ1) is 36.5. The maximum atomic E-state index is 10.5. The monoisotopic (exact) mass is 614 g/mol. The molecule has 6 aromatic heterocycles. The molecule has 44 heavy (non-hydrogen) atoms. The molecule has 0 saturated heterocycles. The van der Waals surface area contributed by atoms with E-state index in [1.165, 1.54) is 15.0 Å². The van der Waals surface area contributed by atoms with E-state index in [1.807, 2.05) is 67.4 Å². The Labute approximate surface area is 254 Å². The first-order chi connectivity index (χ1) is 20.5. The van der Waals surface area contributed by atoms with Gasteiger partial charge in [-0.15, -0.1) is 10.2 Å². The Kier molecular flexibility index (Phi) is 15.1. The van der Waals surface area contributed by atoms with E-state index in [2.05, 4.69) is 55.3 Å². The Bertz CT molecular complexity index is 1490. The normalized spacial score (nSPS) is 9.55. The summed E-state index contributed by atoms with van der Waals surface area (Å²) in [6.45, 7) is 11.1. The zero-order valence-electron chi connectivity index (χ0n) is 27.3. The molecule has 0 aliphatic rings. The number of nitrogens with zero attached hydrogens (tertiary/aromatic N) is 15. The fourth-order valence-electron chi connectivity index (χ4n) is 2.90. The highest BCUT2D eigenvalue weighted by atomic mass is 16.4. The molecule has 6 heterocycles. The van der Waals surface area contributed by atoms with Crippen LogP contribution in [0.2, 0.25) is 0 Å². The molecule has 0 fully saturated rings. The van der Waals surface area contributed by atoms with Crippen molar-refractivity contribution in [3.05, 3.63) is 86.6 Å². The third-order valence-corrected chi connectivity index (χ3v) is 4.65. The van der Waals surface area contributed by atoms with Gasteiger partial charge in [0.25, 0.3) is 0 Å². The smallest absolute Gasteiger partial charge is 0.393 e. The average molecular weight is 615 g/mol. The highest BCUT2D eigenvalue weighted by Crippen LogP contribution is 1.89. The Morgan fingerprint density at radius 1 is 0.705 bits per heavy atom. The van der Waals surface area contributed by atoms with E-state index < -0.39 is 5.76 Å². The highest BCUT2D eigenvalue weighted by Gasteiger charge is 1.95. The molecule has 0 atom stereocenters. The number of aromatic nitrogens is 16. The molecule has 0 aromatic carbocycles. The molecule has 0 spiro atoms. The number of rotatable bonds is 0. The van der Waals surface area contributed by atoms with Crippen LogP contribution in [-0.2, 0) is 42.3 Å². The second kappa shape index (κ2) is 18.1. The fourth-order valence-corrected chi connectivity index (χ4v) is 2.90. The minimum atomic E-state index is -0.414. The molecule has 0 aliphatic heterocycles. The topological polar surface area (TPSA) is 209 Å². The molecule has 240 valence electrons. The van der Waals surface area contributed by atoms with Gasteiger partial charge in [0.2, 0.25) is 5.89 Å². The number of hydrogen-bond acceptors (Lipinski definition) is 12. The van der Waals surface area contributed by atoms with Crippen molar-refractivity contribution in [1.29, 1.82) is 0 Å². The summed E-state index contributed by atoms with van der Waals surface area (Å²) in [5.41, 5.74) is 2.97. The van der Waals surface area contributed by atoms with E-state index in [9.17, 15) is 9.59 Å². The molecule has 6 rings (SSSR count). The Morgan fingerprint density at radius 2 is 1.39 bits per heavy atom. The Morgan fingerprint density at radius 3 is 1.52 bits per heavy atom. The summed E-state index contributed by atoms with van der Waals surface area (Å²) < 4.78 is 12.1. The van der Waals surface area contributed by atoms with E-state index >= 15 is 0 Å². The average Bonchev–Trinajstić information content (AvgIpc) is 3.77. The van der Waals surface area contributed by atoms with E-state index in [1.54, 1.807) is 61.6 Å². The summed E-state index contributed by atoms with van der Waals surface area (Å²) in [5, 5.41) is 30.4. The molecule has 0 radical (unpaired) electrons. The Hall–Kier alpha value is -5.49. The molecule has 0 saturated carbocycles. The molecule has 0 aliphatic carbocycles. The molecule has 1 N–H and O–H groups in total. The predicted molar refractivity (Wildman–Crippen MR) is 160 cm³/mol. The maximum Gasteiger partial charge on any atom is 0.436 e. The van der Waals surface area contributed by atoms with E-state index in [0.717, 1.165) is 21.9 Å². The zero-order chi connectivity index (χ0) is 33.4. The fraction of sp³-hybridized carbons (Fsp3) is 0.480. The van der Waals surface area contributed by atoms with E-state index in [4.69, 9.17) is 0 Å². The van der Waals surface area contributed by atoms with Crippen LogP contribution in [0.4, 0.5) is 0 Å². The first-order valence-corrected chi connectivity index (χ1v) is 13.1. The summed E-state index contributed by atoms with van der Waals surface area (Å²) in [4.78, 5) is 28.8.